The first-order valence-electron chi connectivity index (χ1n) is 8.44. The molecule has 0 fully saturated rings. The number of hydrogen-bond donors (Lipinski definition) is 2. The van der Waals surface area contributed by atoms with Crippen LogP contribution in [-0.2, 0) is 11.2 Å². The third-order valence-electron chi connectivity index (χ3n) is 4.62. The van der Waals surface area contributed by atoms with Gasteiger partial charge in [0, 0.05) is 15.9 Å². The van der Waals surface area contributed by atoms with Crippen molar-refractivity contribution in [1.29, 1.82) is 0 Å². The third-order valence-corrected chi connectivity index (χ3v) is 5.29. The number of nitrogens with one attached hydrogen (secondary N) is 1. The van der Waals surface area contributed by atoms with E-state index in [0.29, 0.717) is 6.42 Å². The Hall–Kier alpha value is -2.12. The van der Waals surface area contributed by atoms with Gasteiger partial charge in [-0.25, -0.2) is 4.98 Å². The van der Waals surface area contributed by atoms with E-state index in [0.717, 1.165) is 36.8 Å². The first-order valence-corrected chi connectivity index (χ1v) is 9.51. The van der Waals surface area contributed by atoms with Gasteiger partial charge in [-0.15, -0.1) is 12.4 Å². The van der Waals surface area contributed by atoms with E-state index in [9.17, 15) is 9.90 Å². The summed E-state index contributed by atoms with van der Waals surface area (Å²) in [5.41, 5.74) is 2.95. The van der Waals surface area contributed by atoms with Gasteiger partial charge in [0.1, 0.15) is 5.82 Å². The Morgan fingerprint density at radius 2 is 1.89 bits per heavy atom. The Morgan fingerprint density at radius 3 is 2.70 bits per heavy atom. The highest BCUT2D eigenvalue weighted by Crippen LogP contribution is 2.31. The number of nitrogens with zero attached hydrogens (tertiary/aromatic N) is 1. The first-order chi connectivity index (χ1) is 12.6. The van der Waals surface area contributed by atoms with Crippen molar-refractivity contribution < 1.29 is 9.90 Å². The van der Waals surface area contributed by atoms with Crippen molar-refractivity contribution in [3.05, 3.63) is 75.6 Å². The largest absolute Gasteiger partial charge is 0.481 e. The molecule has 27 heavy (non-hydrogen) atoms. The van der Waals surface area contributed by atoms with Crippen LogP contribution >= 0.6 is 35.0 Å². The highest BCUT2D eigenvalue weighted by molar-refractivity contribution is 14.1. The molecule has 6 heteroatoms. The molecule has 1 heterocycles. The molecule has 4 rings (SSSR count). The van der Waals surface area contributed by atoms with E-state index in [2.05, 4.69) is 56.8 Å². The summed E-state index contributed by atoms with van der Waals surface area (Å²) >= 11 is 2.27. The molecule has 2 N–H and O–H groups in total. The molecule has 4 aromatic rings. The van der Waals surface area contributed by atoms with Gasteiger partial charge >= 0.3 is 5.97 Å². The summed E-state index contributed by atoms with van der Waals surface area (Å²) in [6.45, 7) is 0. The molecule has 1 aromatic heterocycles. The van der Waals surface area contributed by atoms with Crippen LogP contribution in [0.5, 0.6) is 0 Å². The van der Waals surface area contributed by atoms with E-state index in [1.807, 2.05) is 36.4 Å². The van der Waals surface area contributed by atoms with E-state index < -0.39 is 5.97 Å². The van der Waals surface area contributed by atoms with Gasteiger partial charge in [-0.2, -0.15) is 0 Å². The molecule has 0 amide bonds. The second-order valence-corrected chi connectivity index (χ2v) is 7.66. The Bertz CT molecular complexity index is 1100. The lowest BCUT2D eigenvalue weighted by Gasteiger charge is -2.16. The quantitative estimate of drug-likeness (QED) is 0.359. The summed E-state index contributed by atoms with van der Waals surface area (Å²) < 4.78 is 1.14. The van der Waals surface area contributed by atoms with Gasteiger partial charge in [-0.3, -0.25) is 4.79 Å². The number of benzene rings is 3. The highest BCUT2D eigenvalue weighted by Gasteiger charge is 2.20. The normalized spacial score (nSPS) is 12.0. The Balaban J connectivity index is 0.00000210. The number of rotatable bonds is 5. The Labute approximate surface area is 176 Å². The van der Waals surface area contributed by atoms with Crippen molar-refractivity contribution in [2.45, 2.75) is 18.8 Å². The number of aromatic nitrogens is 2. The van der Waals surface area contributed by atoms with E-state index >= 15 is 0 Å². The predicted molar refractivity (Wildman–Crippen MR) is 119 cm³/mol. The third kappa shape index (κ3) is 4.25. The van der Waals surface area contributed by atoms with Gasteiger partial charge < -0.3 is 10.1 Å². The smallest absolute Gasteiger partial charge is 0.303 e. The number of fused-ring (bicyclic) bond motifs is 2. The molecule has 3 aromatic carbocycles. The molecule has 1 unspecified atom stereocenters. The minimum Gasteiger partial charge on any atom is -0.481 e. The number of aliphatic carboxylic acids is 1. The molecule has 138 valence electrons. The molecule has 0 saturated carbocycles. The van der Waals surface area contributed by atoms with Crippen molar-refractivity contribution >= 4 is 62.8 Å². The summed E-state index contributed by atoms with van der Waals surface area (Å²) in [4.78, 5) is 19.5. The number of carboxylic acids is 1. The fourth-order valence-electron chi connectivity index (χ4n) is 3.47. The number of halogens is 2. The summed E-state index contributed by atoms with van der Waals surface area (Å²) in [6, 6.07) is 20.2. The molecular weight excluding hydrogens is 475 g/mol. The molecule has 0 spiro atoms. The van der Waals surface area contributed by atoms with Crippen LogP contribution in [0.15, 0.2) is 60.7 Å². The molecule has 4 nitrogen and oxygen atoms in total. The van der Waals surface area contributed by atoms with Crippen LogP contribution in [0.25, 0.3) is 21.8 Å². The topological polar surface area (TPSA) is 66.0 Å². The Morgan fingerprint density at radius 1 is 1.11 bits per heavy atom. The lowest BCUT2D eigenvalue weighted by Crippen LogP contribution is -2.10. The van der Waals surface area contributed by atoms with E-state index in [4.69, 9.17) is 0 Å². The SMILES string of the molecule is Cl.O=C(O)CC(Cc1nc2ccc(I)cc2[nH]1)c1cccc2ccccc12. The van der Waals surface area contributed by atoms with Crippen molar-refractivity contribution in [1.82, 2.24) is 9.97 Å². The van der Waals surface area contributed by atoms with E-state index in [1.165, 1.54) is 0 Å². The van der Waals surface area contributed by atoms with Gasteiger partial charge in [0.25, 0.3) is 0 Å². The standard InChI is InChI=1S/C21H17IN2O2.ClH/c22-15-8-9-18-19(12-15)24-20(23-18)10-14(11-21(25)26)17-7-3-5-13-4-1-2-6-16(13)17;/h1-9,12,14H,10-11H2,(H,23,24)(H,25,26);1H. The molecule has 0 aliphatic carbocycles. The van der Waals surface area contributed by atoms with Gasteiger partial charge in [-0.1, -0.05) is 42.5 Å². The lowest BCUT2D eigenvalue weighted by molar-refractivity contribution is -0.137. The van der Waals surface area contributed by atoms with Crippen LogP contribution < -0.4 is 0 Å². The summed E-state index contributed by atoms with van der Waals surface area (Å²) in [5, 5.41) is 11.7. The highest BCUT2D eigenvalue weighted by atomic mass is 127. The van der Waals surface area contributed by atoms with E-state index in [-0.39, 0.29) is 24.7 Å². The predicted octanol–water partition coefficient (Wildman–Crippen LogP) is 5.54. The number of carbonyl (C=O) groups is 1. The number of imidazole rings is 1. The van der Waals surface area contributed by atoms with Crippen molar-refractivity contribution in [3.8, 4) is 0 Å². The van der Waals surface area contributed by atoms with Crippen LogP contribution in [0.3, 0.4) is 0 Å². The summed E-state index contributed by atoms with van der Waals surface area (Å²) in [6.07, 6.45) is 0.633. The van der Waals surface area contributed by atoms with Crippen molar-refractivity contribution in [3.63, 3.8) is 0 Å². The second-order valence-electron chi connectivity index (χ2n) is 6.41. The zero-order valence-electron chi connectivity index (χ0n) is 14.4. The van der Waals surface area contributed by atoms with Crippen LogP contribution in [0.1, 0.15) is 23.7 Å². The minimum atomic E-state index is -0.798. The Kier molecular flexibility index (Phi) is 6.01. The monoisotopic (exact) mass is 492 g/mol. The maximum atomic E-state index is 11.5. The first kappa shape index (κ1) is 19.6. The lowest BCUT2D eigenvalue weighted by atomic mass is 9.88. The fraction of sp³-hybridized carbons (Fsp3) is 0.143. The van der Waals surface area contributed by atoms with Gasteiger partial charge in [0.2, 0.25) is 0 Å². The fourth-order valence-corrected chi connectivity index (χ4v) is 3.97. The molecule has 0 aliphatic rings. The average Bonchev–Trinajstić information content (AvgIpc) is 3.01. The molecular formula is C21H18ClIN2O2. The van der Waals surface area contributed by atoms with E-state index in [1.54, 1.807) is 0 Å². The van der Waals surface area contributed by atoms with Gasteiger partial charge in [0.15, 0.2) is 0 Å². The van der Waals surface area contributed by atoms with Crippen LogP contribution in [0, 0.1) is 3.57 Å². The van der Waals surface area contributed by atoms with Crippen LogP contribution in [0.2, 0.25) is 0 Å². The maximum Gasteiger partial charge on any atom is 0.303 e. The molecule has 0 aliphatic heterocycles. The van der Waals surface area contributed by atoms with Crippen molar-refractivity contribution in [2.24, 2.45) is 0 Å². The average molecular weight is 493 g/mol. The van der Waals surface area contributed by atoms with Gasteiger partial charge in [-0.05, 0) is 57.1 Å². The zero-order valence-corrected chi connectivity index (χ0v) is 17.3. The van der Waals surface area contributed by atoms with Gasteiger partial charge in [0.05, 0.1) is 17.5 Å². The number of carboxylic acid groups (broad SMARTS) is 1. The molecule has 0 saturated heterocycles. The number of aromatic amines is 1. The zero-order chi connectivity index (χ0) is 18.1. The van der Waals surface area contributed by atoms with Crippen LogP contribution in [-0.4, -0.2) is 21.0 Å². The number of hydrogen-bond acceptors (Lipinski definition) is 2. The molecule has 0 radical (unpaired) electrons. The minimum absolute atomic E-state index is 0. The second kappa shape index (κ2) is 8.27. The molecule has 1 atom stereocenters. The number of H-pyrrole nitrogens is 1. The van der Waals surface area contributed by atoms with Crippen molar-refractivity contribution in [2.75, 3.05) is 0 Å². The summed E-state index contributed by atoms with van der Waals surface area (Å²) in [7, 11) is 0. The molecule has 0 bridgehead atoms. The maximum absolute atomic E-state index is 11.5. The van der Waals surface area contributed by atoms with Crippen LogP contribution in [0.4, 0.5) is 0 Å². The summed E-state index contributed by atoms with van der Waals surface area (Å²) in [5.74, 6) is -0.118.